The first-order valence-corrected chi connectivity index (χ1v) is 12.4. The molecule has 0 unspecified atom stereocenters. The summed E-state index contributed by atoms with van der Waals surface area (Å²) in [4.78, 5) is 0. The van der Waals surface area contributed by atoms with Crippen molar-refractivity contribution >= 4 is 13.7 Å². The van der Waals surface area contributed by atoms with Gasteiger partial charge in [0.05, 0.1) is 0 Å². The topological polar surface area (TPSA) is 9.86 Å². The van der Waals surface area contributed by atoms with Crippen molar-refractivity contribution in [1.82, 2.24) is 7.05 Å². The molecule has 0 atom stereocenters. The van der Waals surface area contributed by atoms with Gasteiger partial charge in [-0.05, 0) is 0 Å². The van der Waals surface area contributed by atoms with Crippen molar-refractivity contribution in [2.75, 3.05) is 0 Å². The summed E-state index contributed by atoms with van der Waals surface area (Å²) >= 11 is -2.26. The molecule has 3 heteroatoms. The normalized spacial score (nSPS) is 11.9. The van der Waals surface area contributed by atoms with E-state index in [0.29, 0.717) is 0 Å². The molecule has 0 aliphatic rings. The Bertz CT molecular complexity index is 401. The van der Waals surface area contributed by atoms with Crippen LogP contribution >= 0.6 is 0 Å². The van der Waals surface area contributed by atoms with Crippen molar-refractivity contribution < 1.29 is 0 Å². The quantitative estimate of drug-likeness (QED) is 0.623. The molecule has 19 heavy (non-hydrogen) atoms. The molecule has 0 bridgehead atoms. The zero-order valence-electron chi connectivity index (χ0n) is 12.3. The molecule has 2 aromatic heterocycles. The second-order valence-corrected chi connectivity index (χ2v) is 13.8. The summed E-state index contributed by atoms with van der Waals surface area (Å²) in [5.74, 6) is 0. The van der Waals surface area contributed by atoms with E-state index < -0.39 is 13.7 Å². The molecule has 104 valence electrons. The number of unbranched alkanes of at least 4 members (excludes halogenated alkanes) is 2. The van der Waals surface area contributed by atoms with Gasteiger partial charge in [0.15, 0.2) is 0 Å². The summed E-state index contributed by atoms with van der Waals surface area (Å²) in [5.41, 5.74) is 0. The Hall–Kier alpha value is -0.897. The van der Waals surface area contributed by atoms with E-state index in [0.717, 1.165) is 0 Å². The van der Waals surface area contributed by atoms with Gasteiger partial charge in [-0.1, -0.05) is 0 Å². The second-order valence-electron chi connectivity index (χ2n) is 5.37. The monoisotopic (exact) mass is 320 g/mol. The van der Waals surface area contributed by atoms with Crippen molar-refractivity contribution in [3.63, 3.8) is 0 Å². The summed E-state index contributed by atoms with van der Waals surface area (Å²) in [5, 5.41) is 2.78. The summed E-state index contributed by atoms with van der Waals surface area (Å²) < 4.78 is 5.18. The molecule has 2 nitrogen and oxygen atoms in total. The molecule has 2 heterocycles. The first-order chi connectivity index (χ1) is 9.33. The van der Waals surface area contributed by atoms with Gasteiger partial charge in [-0.2, -0.15) is 0 Å². The van der Waals surface area contributed by atoms with Gasteiger partial charge in [-0.3, -0.25) is 0 Å². The van der Waals surface area contributed by atoms with Crippen LogP contribution in [-0.4, -0.2) is 20.8 Å². The third-order valence-corrected chi connectivity index (χ3v) is 14.2. The number of hydrogen-bond acceptors (Lipinski definition) is 0. The van der Waals surface area contributed by atoms with E-state index in [-0.39, 0.29) is 0 Å². The molecule has 0 spiro atoms. The Labute approximate surface area is 120 Å². The van der Waals surface area contributed by atoms with Crippen LogP contribution in [0.1, 0.15) is 39.5 Å². The van der Waals surface area contributed by atoms with Crippen LogP contribution < -0.4 is 0 Å². The van der Waals surface area contributed by atoms with Gasteiger partial charge in [0, 0.05) is 0 Å². The summed E-state index contributed by atoms with van der Waals surface area (Å²) in [6, 6.07) is 8.73. The van der Waals surface area contributed by atoms with Crippen molar-refractivity contribution in [2.45, 2.75) is 50.0 Å². The maximum atomic E-state index is 2.59. The van der Waals surface area contributed by atoms with Crippen molar-refractivity contribution in [1.29, 1.82) is 0 Å². The Kier molecular flexibility index (Phi) is 5.37. The molecule has 0 saturated carbocycles. The Balaban J connectivity index is 2.38. The fourth-order valence-electron chi connectivity index (χ4n) is 2.92. The van der Waals surface area contributed by atoms with Gasteiger partial charge < -0.3 is 0 Å². The Morgan fingerprint density at radius 2 is 1.05 bits per heavy atom. The fraction of sp³-hybridized carbons (Fsp3) is 0.500. The standard InChI is InChI=1S/C16H26GeN2/c1-3-5-11-17(12-6-4-2,18-13-7-8-14-18)19-15-9-10-16-19/h7-10,13-16H,3-6,11-12H2,1-2H3. The number of aromatic nitrogens is 2. The molecule has 2 rings (SSSR count). The van der Waals surface area contributed by atoms with E-state index in [1.54, 1.807) is 0 Å². The van der Waals surface area contributed by atoms with E-state index in [9.17, 15) is 0 Å². The zero-order chi connectivity index (χ0) is 13.6. The second kappa shape index (κ2) is 7.04. The SMILES string of the molecule is CCC[CH2][Ge]([CH2]CCC)([n]1cccc1)[n]1cccc1. The van der Waals surface area contributed by atoms with Gasteiger partial charge in [-0.25, -0.2) is 0 Å². The molecule has 0 amide bonds. The first-order valence-electron chi connectivity index (χ1n) is 7.60. The van der Waals surface area contributed by atoms with E-state index in [1.165, 1.54) is 36.2 Å². The van der Waals surface area contributed by atoms with Crippen LogP contribution in [0.4, 0.5) is 0 Å². The maximum absolute atomic E-state index is 2.59. The third kappa shape index (κ3) is 3.17. The minimum atomic E-state index is -2.26. The number of hydrogen-bond donors (Lipinski definition) is 0. The van der Waals surface area contributed by atoms with Crippen molar-refractivity contribution in [3.8, 4) is 0 Å². The van der Waals surface area contributed by atoms with E-state index >= 15 is 0 Å². The number of rotatable bonds is 8. The van der Waals surface area contributed by atoms with Gasteiger partial charge in [-0.15, -0.1) is 0 Å². The van der Waals surface area contributed by atoms with Crippen LogP contribution in [-0.2, 0) is 0 Å². The average Bonchev–Trinajstić information content (AvgIpc) is 3.12. The van der Waals surface area contributed by atoms with E-state index in [1.807, 2.05) is 0 Å². The van der Waals surface area contributed by atoms with Crippen LogP contribution in [0.15, 0.2) is 49.1 Å². The van der Waals surface area contributed by atoms with Crippen molar-refractivity contribution in [2.24, 2.45) is 0 Å². The molecule has 0 N–H and O–H groups in total. The summed E-state index contributed by atoms with van der Waals surface area (Å²) in [7, 11) is 0. The number of nitrogens with zero attached hydrogens (tertiary/aromatic N) is 2. The van der Waals surface area contributed by atoms with E-state index in [2.05, 4.69) is 69.9 Å². The third-order valence-electron chi connectivity index (χ3n) is 4.03. The van der Waals surface area contributed by atoms with E-state index in [4.69, 9.17) is 0 Å². The fourth-order valence-corrected chi connectivity index (χ4v) is 13.1. The molecule has 0 aliphatic heterocycles. The van der Waals surface area contributed by atoms with Crippen LogP contribution in [0, 0.1) is 0 Å². The summed E-state index contributed by atoms with van der Waals surface area (Å²) in [6.07, 6.45) is 14.5. The molecule has 2 aromatic rings. The van der Waals surface area contributed by atoms with Gasteiger partial charge in [0.2, 0.25) is 0 Å². The predicted octanol–water partition coefficient (Wildman–Crippen LogP) is 4.73. The Morgan fingerprint density at radius 1 is 0.684 bits per heavy atom. The van der Waals surface area contributed by atoms with Crippen LogP contribution in [0.5, 0.6) is 0 Å². The molecule has 0 aliphatic carbocycles. The van der Waals surface area contributed by atoms with Crippen LogP contribution in [0.25, 0.3) is 0 Å². The molecular formula is C16H26GeN2. The molecular weight excluding hydrogens is 293 g/mol. The van der Waals surface area contributed by atoms with Gasteiger partial charge in [0.25, 0.3) is 0 Å². The van der Waals surface area contributed by atoms with Crippen LogP contribution in [0.3, 0.4) is 0 Å². The molecule has 0 saturated heterocycles. The predicted molar refractivity (Wildman–Crippen MR) is 84.8 cm³/mol. The molecule has 0 aromatic carbocycles. The Morgan fingerprint density at radius 3 is 1.37 bits per heavy atom. The van der Waals surface area contributed by atoms with Crippen LogP contribution in [0.2, 0.25) is 10.5 Å². The van der Waals surface area contributed by atoms with Gasteiger partial charge >= 0.3 is 120 Å². The van der Waals surface area contributed by atoms with Gasteiger partial charge in [0.1, 0.15) is 0 Å². The minimum absolute atomic E-state index is 1.29. The average molecular weight is 319 g/mol. The molecule has 0 radical (unpaired) electrons. The van der Waals surface area contributed by atoms with Crippen molar-refractivity contribution in [3.05, 3.63) is 49.1 Å². The summed E-state index contributed by atoms with van der Waals surface area (Å²) in [6.45, 7) is 4.61. The first kappa shape index (κ1) is 14.5. The molecule has 0 fully saturated rings. The zero-order valence-corrected chi connectivity index (χ0v) is 14.4.